The molecular weight excluding hydrogens is 637 g/mol. The van der Waals surface area contributed by atoms with E-state index in [9.17, 15) is 19.2 Å². The number of carbonyl (C=O) groups is 4. The normalized spacial score (nSPS) is 13.3. The molecule has 0 aliphatic carbocycles. The maximum absolute atomic E-state index is 13.6. The van der Waals surface area contributed by atoms with E-state index >= 15 is 0 Å². The van der Waals surface area contributed by atoms with Crippen molar-refractivity contribution in [3.8, 4) is 0 Å². The van der Waals surface area contributed by atoms with Crippen LogP contribution in [0.25, 0.3) is 6.08 Å². The number of hydrogen-bond donors (Lipinski definition) is 3. The number of carbonyl (C=O) groups excluding carboxylic acids is 4. The largest absolute Gasteiger partial charge is 0.321 e. The van der Waals surface area contributed by atoms with Crippen molar-refractivity contribution >= 4 is 58.7 Å². The summed E-state index contributed by atoms with van der Waals surface area (Å²) in [4.78, 5) is 57.5. The van der Waals surface area contributed by atoms with Crippen LogP contribution in [0.5, 0.6) is 0 Å². The SMILES string of the molecule is O=C(Nc1ccc(SC(C(=O)NC2=NN(c3ccccc3)C(=O)C2)c2ccccc2)cc1)/C(=C/c1cccnc1)NC(=O)c1ccccc1. The van der Waals surface area contributed by atoms with Crippen LogP contribution in [0.4, 0.5) is 11.4 Å². The van der Waals surface area contributed by atoms with Crippen molar-refractivity contribution in [2.45, 2.75) is 16.6 Å². The number of pyridine rings is 1. The molecule has 0 bridgehead atoms. The smallest absolute Gasteiger partial charge is 0.272 e. The Morgan fingerprint density at radius 3 is 2.12 bits per heavy atom. The second kappa shape index (κ2) is 15.5. The van der Waals surface area contributed by atoms with Crippen molar-refractivity contribution in [3.63, 3.8) is 0 Å². The zero-order valence-corrected chi connectivity index (χ0v) is 26.8. The van der Waals surface area contributed by atoms with Gasteiger partial charge < -0.3 is 16.0 Å². The lowest BCUT2D eigenvalue weighted by molar-refractivity contribution is -0.119. The van der Waals surface area contributed by atoms with Gasteiger partial charge in [0.05, 0.1) is 12.1 Å². The molecule has 4 amide bonds. The third-order valence-electron chi connectivity index (χ3n) is 7.27. The molecule has 0 saturated heterocycles. The second-order valence-electron chi connectivity index (χ2n) is 10.8. The molecule has 0 radical (unpaired) electrons. The highest BCUT2D eigenvalue weighted by Crippen LogP contribution is 2.36. The molecular formula is C38H30N6O4S. The van der Waals surface area contributed by atoms with E-state index in [0.717, 1.165) is 10.5 Å². The first-order valence-corrected chi connectivity index (χ1v) is 16.2. The van der Waals surface area contributed by atoms with Crippen molar-refractivity contribution in [3.05, 3.63) is 162 Å². The van der Waals surface area contributed by atoms with E-state index in [-0.39, 0.29) is 29.8 Å². The summed E-state index contributed by atoms with van der Waals surface area (Å²) < 4.78 is 0. The van der Waals surface area contributed by atoms with Crippen LogP contribution in [0.2, 0.25) is 0 Å². The highest BCUT2D eigenvalue weighted by Gasteiger charge is 2.29. The molecule has 5 aromatic rings. The number of anilines is 2. The molecule has 242 valence electrons. The van der Waals surface area contributed by atoms with Gasteiger partial charge in [-0.3, -0.25) is 24.2 Å². The van der Waals surface area contributed by atoms with Gasteiger partial charge in [0, 0.05) is 28.5 Å². The van der Waals surface area contributed by atoms with Crippen LogP contribution in [0, 0.1) is 0 Å². The lowest BCUT2D eigenvalue weighted by Gasteiger charge is -2.17. The molecule has 6 rings (SSSR count). The fourth-order valence-electron chi connectivity index (χ4n) is 4.90. The van der Waals surface area contributed by atoms with E-state index in [1.807, 2.05) is 48.5 Å². The van der Waals surface area contributed by atoms with Gasteiger partial charge in [0.2, 0.25) is 5.91 Å². The van der Waals surface area contributed by atoms with Gasteiger partial charge in [-0.1, -0.05) is 72.8 Å². The van der Waals surface area contributed by atoms with Gasteiger partial charge in [0.1, 0.15) is 16.8 Å². The number of para-hydroxylation sites is 1. The summed E-state index contributed by atoms with van der Waals surface area (Å²) in [6, 6.07) is 37.5. The quantitative estimate of drug-likeness (QED) is 0.120. The van der Waals surface area contributed by atoms with Crippen LogP contribution in [0.1, 0.15) is 33.2 Å². The number of nitrogens with zero attached hydrogens (tertiary/aromatic N) is 3. The molecule has 1 aliphatic rings. The molecule has 1 aromatic heterocycles. The van der Waals surface area contributed by atoms with Crippen LogP contribution >= 0.6 is 11.8 Å². The average molecular weight is 667 g/mol. The number of thioether (sulfide) groups is 1. The Hall–Kier alpha value is -6.33. The first kappa shape index (κ1) is 32.6. The molecule has 0 fully saturated rings. The summed E-state index contributed by atoms with van der Waals surface area (Å²) in [5.74, 6) is -1.24. The molecule has 1 aliphatic heterocycles. The van der Waals surface area contributed by atoms with Gasteiger partial charge in [-0.25, -0.2) is 0 Å². The van der Waals surface area contributed by atoms with Crippen LogP contribution in [-0.2, 0) is 14.4 Å². The number of hydrogen-bond acceptors (Lipinski definition) is 7. The van der Waals surface area contributed by atoms with E-state index in [1.54, 1.807) is 97.3 Å². The Morgan fingerprint density at radius 2 is 1.45 bits per heavy atom. The number of rotatable bonds is 10. The zero-order chi connectivity index (χ0) is 34.0. The number of aromatic nitrogens is 1. The average Bonchev–Trinajstić information content (AvgIpc) is 3.51. The maximum Gasteiger partial charge on any atom is 0.272 e. The summed E-state index contributed by atoms with van der Waals surface area (Å²) in [5, 5.41) is 13.4. The second-order valence-corrected chi connectivity index (χ2v) is 12.0. The molecule has 0 spiro atoms. The maximum atomic E-state index is 13.6. The third-order valence-corrected chi connectivity index (χ3v) is 8.54. The molecule has 0 saturated carbocycles. The van der Waals surface area contributed by atoms with Crippen LogP contribution < -0.4 is 21.0 Å². The number of amides is 4. The standard InChI is InChI=1S/C38H30N6O4S/c45-34-24-33(43-44(34)30-16-8-3-9-17-30)42-38(48)35(27-12-4-1-5-13-27)49-31-20-18-29(19-21-31)40-37(47)32(23-26-11-10-22-39-25-26)41-36(46)28-14-6-2-7-15-28/h1-23,25,35H,24H2,(H,40,47)(H,41,46)(H,42,43,48)/b32-23-. The number of amidine groups is 1. The lowest BCUT2D eigenvalue weighted by Crippen LogP contribution is -2.33. The number of nitrogens with one attached hydrogen (secondary N) is 3. The van der Waals surface area contributed by atoms with Crippen molar-refractivity contribution in [2.24, 2.45) is 5.10 Å². The first-order valence-electron chi connectivity index (χ1n) is 15.3. The minimum absolute atomic E-state index is 0.0236. The highest BCUT2D eigenvalue weighted by atomic mass is 32.2. The van der Waals surface area contributed by atoms with Gasteiger partial charge in [0.15, 0.2) is 0 Å². The third kappa shape index (κ3) is 8.53. The zero-order valence-electron chi connectivity index (χ0n) is 26.0. The van der Waals surface area contributed by atoms with Crippen molar-refractivity contribution in [1.82, 2.24) is 15.6 Å². The fourth-order valence-corrected chi connectivity index (χ4v) is 5.92. The summed E-state index contributed by atoms with van der Waals surface area (Å²) in [6.07, 6.45) is 4.74. The predicted molar refractivity (Wildman–Crippen MR) is 190 cm³/mol. The first-order chi connectivity index (χ1) is 23.9. The van der Waals surface area contributed by atoms with E-state index in [4.69, 9.17) is 0 Å². The molecule has 1 unspecified atom stereocenters. The molecule has 1 atom stereocenters. The number of benzene rings is 4. The lowest BCUT2D eigenvalue weighted by atomic mass is 10.1. The van der Waals surface area contributed by atoms with Crippen molar-refractivity contribution in [1.29, 1.82) is 0 Å². The van der Waals surface area contributed by atoms with Gasteiger partial charge in [-0.15, -0.1) is 11.8 Å². The Morgan fingerprint density at radius 1 is 0.776 bits per heavy atom. The van der Waals surface area contributed by atoms with Gasteiger partial charge in [-0.05, 0) is 71.8 Å². The minimum Gasteiger partial charge on any atom is -0.321 e. The molecule has 2 heterocycles. The Kier molecular flexibility index (Phi) is 10.3. The van der Waals surface area contributed by atoms with Crippen LogP contribution in [0.3, 0.4) is 0 Å². The molecule has 49 heavy (non-hydrogen) atoms. The summed E-state index contributed by atoms with van der Waals surface area (Å²) in [7, 11) is 0. The topological polar surface area (TPSA) is 133 Å². The van der Waals surface area contributed by atoms with Crippen molar-refractivity contribution < 1.29 is 19.2 Å². The Balaban J connectivity index is 1.16. The molecule has 4 aromatic carbocycles. The Bertz CT molecular complexity index is 2010. The summed E-state index contributed by atoms with van der Waals surface area (Å²) in [5.41, 5.74) is 2.97. The number of hydrazone groups is 1. The highest BCUT2D eigenvalue weighted by molar-refractivity contribution is 8.00. The Labute approximate surface area is 287 Å². The van der Waals surface area contributed by atoms with E-state index < -0.39 is 17.1 Å². The van der Waals surface area contributed by atoms with E-state index in [1.165, 1.54) is 16.8 Å². The summed E-state index contributed by atoms with van der Waals surface area (Å²) >= 11 is 1.32. The fraction of sp³-hybridized carbons (Fsp3) is 0.0526. The monoisotopic (exact) mass is 666 g/mol. The molecule has 3 N–H and O–H groups in total. The van der Waals surface area contributed by atoms with Crippen molar-refractivity contribution in [2.75, 3.05) is 10.3 Å². The van der Waals surface area contributed by atoms with E-state index in [0.29, 0.717) is 22.5 Å². The van der Waals surface area contributed by atoms with E-state index in [2.05, 4.69) is 26.0 Å². The van der Waals surface area contributed by atoms with Crippen LogP contribution in [-0.4, -0.2) is 34.4 Å². The molecule has 11 heteroatoms. The van der Waals surface area contributed by atoms with Gasteiger partial charge in [0.25, 0.3) is 17.7 Å². The predicted octanol–water partition coefficient (Wildman–Crippen LogP) is 6.19. The van der Waals surface area contributed by atoms with Gasteiger partial charge in [-0.2, -0.15) is 10.1 Å². The summed E-state index contributed by atoms with van der Waals surface area (Å²) in [6.45, 7) is 0. The minimum atomic E-state index is -0.660. The molecule has 10 nitrogen and oxygen atoms in total. The van der Waals surface area contributed by atoms with Gasteiger partial charge >= 0.3 is 0 Å². The van der Waals surface area contributed by atoms with Crippen LogP contribution in [0.15, 0.2) is 155 Å².